The Morgan fingerprint density at radius 2 is 2.17 bits per heavy atom. The largest absolute Gasteiger partial charge is 0.319 e. The van der Waals surface area contributed by atoms with Crippen molar-refractivity contribution in [2.24, 2.45) is 0 Å². The summed E-state index contributed by atoms with van der Waals surface area (Å²) in [4.78, 5) is 12.8. The Bertz CT molecular complexity index is 893. The molecule has 0 aliphatic carbocycles. The molecule has 2 aromatic heterocycles. The van der Waals surface area contributed by atoms with Gasteiger partial charge in [0.05, 0.1) is 27.1 Å². The van der Waals surface area contributed by atoms with Crippen LogP contribution in [0.2, 0.25) is 5.02 Å². The van der Waals surface area contributed by atoms with Gasteiger partial charge in [-0.05, 0) is 55.6 Å². The summed E-state index contributed by atoms with van der Waals surface area (Å²) >= 11 is 14.1. The molecule has 1 aromatic carbocycles. The van der Waals surface area contributed by atoms with Crippen molar-refractivity contribution in [1.29, 1.82) is 0 Å². The average Bonchev–Trinajstić information content (AvgIpc) is 3.09. The number of carbonyl (C=O) groups excluding carboxylic acids is 1. The van der Waals surface area contributed by atoms with E-state index in [9.17, 15) is 9.18 Å². The van der Waals surface area contributed by atoms with E-state index in [1.165, 1.54) is 23.5 Å². The van der Waals surface area contributed by atoms with Crippen molar-refractivity contribution < 1.29 is 9.18 Å². The van der Waals surface area contributed by atoms with Crippen LogP contribution in [0.25, 0.3) is 0 Å². The first-order valence-corrected chi connectivity index (χ1v) is 9.43. The number of aromatic nitrogens is 2. The van der Waals surface area contributed by atoms with E-state index in [-0.39, 0.29) is 11.7 Å². The molecule has 0 saturated carbocycles. The van der Waals surface area contributed by atoms with Gasteiger partial charge in [-0.2, -0.15) is 5.10 Å². The summed E-state index contributed by atoms with van der Waals surface area (Å²) in [6.07, 6.45) is 3.24. The first kappa shape index (κ1) is 17.6. The maximum Gasteiger partial charge on any atom is 0.265 e. The number of thiophene rings is 1. The van der Waals surface area contributed by atoms with Crippen LogP contribution in [0, 0.1) is 5.82 Å². The molecule has 1 N–H and O–H groups in total. The van der Waals surface area contributed by atoms with Crippen LogP contribution in [0.3, 0.4) is 0 Å². The molecule has 124 valence electrons. The van der Waals surface area contributed by atoms with Crippen LogP contribution in [0.4, 0.5) is 10.1 Å². The van der Waals surface area contributed by atoms with Gasteiger partial charge in [0.1, 0.15) is 5.82 Å². The van der Waals surface area contributed by atoms with E-state index in [1.807, 2.05) is 0 Å². The molecule has 0 bridgehead atoms. The zero-order valence-corrected chi connectivity index (χ0v) is 16.6. The molecule has 1 amide bonds. The van der Waals surface area contributed by atoms with Crippen molar-refractivity contribution in [2.75, 3.05) is 5.32 Å². The zero-order chi connectivity index (χ0) is 17.3. The molecule has 0 saturated heterocycles. The van der Waals surface area contributed by atoms with Crippen LogP contribution < -0.4 is 5.32 Å². The van der Waals surface area contributed by atoms with Crippen LogP contribution in [0.1, 0.15) is 15.2 Å². The Balaban J connectivity index is 1.70. The Kier molecular flexibility index (Phi) is 5.39. The van der Waals surface area contributed by atoms with E-state index >= 15 is 0 Å². The molecule has 0 unspecified atom stereocenters. The molecular formula is C15H9Br2ClFN3OS. The summed E-state index contributed by atoms with van der Waals surface area (Å²) in [7, 11) is 0. The third kappa shape index (κ3) is 4.05. The number of hydrogen-bond donors (Lipinski definition) is 1. The number of nitrogens with zero attached hydrogens (tertiary/aromatic N) is 2. The predicted octanol–water partition coefficient (Wildman–Crippen LogP) is 5.56. The van der Waals surface area contributed by atoms with Crippen LogP contribution in [-0.4, -0.2) is 15.7 Å². The molecule has 9 heteroatoms. The molecule has 24 heavy (non-hydrogen) atoms. The Hall–Kier alpha value is -1.22. The molecule has 0 fully saturated rings. The zero-order valence-electron chi connectivity index (χ0n) is 11.9. The van der Waals surface area contributed by atoms with Gasteiger partial charge in [-0.25, -0.2) is 4.39 Å². The molecule has 3 rings (SSSR count). The van der Waals surface area contributed by atoms with Gasteiger partial charge in [-0.1, -0.05) is 17.7 Å². The molecular weight excluding hydrogens is 485 g/mol. The van der Waals surface area contributed by atoms with E-state index < -0.39 is 0 Å². The fourth-order valence-corrected chi connectivity index (χ4v) is 4.15. The number of nitrogens with one attached hydrogen (secondary N) is 1. The van der Waals surface area contributed by atoms with Gasteiger partial charge in [0.25, 0.3) is 5.91 Å². The summed E-state index contributed by atoms with van der Waals surface area (Å²) in [5.74, 6) is -0.601. The molecule has 3 aromatic rings. The molecule has 0 atom stereocenters. The maximum absolute atomic E-state index is 13.1. The van der Waals surface area contributed by atoms with Crippen molar-refractivity contribution in [1.82, 2.24) is 9.78 Å². The summed E-state index contributed by atoms with van der Waals surface area (Å²) in [5.41, 5.74) is 1.31. The highest BCUT2D eigenvalue weighted by Crippen LogP contribution is 2.32. The fourth-order valence-electron chi connectivity index (χ4n) is 1.99. The topological polar surface area (TPSA) is 46.9 Å². The van der Waals surface area contributed by atoms with Gasteiger partial charge in [-0.15, -0.1) is 11.3 Å². The average molecular weight is 494 g/mol. The van der Waals surface area contributed by atoms with Crippen LogP contribution in [0.15, 0.2) is 44.9 Å². The minimum Gasteiger partial charge on any atom is -0.319 e. The lowest BCUT2D eigenvalue weighted by Crippen LogP contribution is -2.09. The maximum atomic E-state index is 13.1. The third-order valence-electron chi connectivity index (χ3n) is 3.11. The van der Waals surface area contributed by atoms with Gasteiger partial charge < -0.3 is 5.32 Å². The minimum atomic E-state index is -0.384. The van der Waals surface area contributed by atoms with Crippen molar-refractivity contribution >= 4 is 66.4 Å². The van der Waals surface area contributed by atoms with Crippen molar-refractivity contribution in [3.8, 4) is 0 Å². The summed E-state index contributed by atoms with van der Waals surface area (Å²) < 4.78 is 16.4. The van der Waals surface area contributed by atoms with Crippen molar-refractivity contribution in [3.05, 3.63) is 66.2 Å². The smallest absolute Gasteiger partial charge is 0.265 e. The highest BCUT2D eigenvalue weighted by atomic mass is 79.9. The van der Waals surface area contributed by atoms with Crippen molar-refractivity contribution in [3.63, 3.8) is 0 Å². The fraction of sp³-hybridized carbons (Fsp3) is 0.0667. The first-order chi connectivity index (χ1) is 11.4. The highest BCUT2D eigenvalue weighted by molar-refractivity contribution is 9.13. The van der Waals surface area contributed by atoms with E-state index in [0.29, 0.717) is 22.1 Å². The highest BCUT2D eigenvalue weighted by Gasteiger charge is 2.13. The number of benzene rings is 1. The lowest BCUT2D eigenvalue weighted by Gasteiger charge is -2.04. The van der Waals surface area contributed by atoms with Gasteiger partial charge in [0.15, 0.2) is 0 Å². The van der Waals surface area contributed by atoms with Crippen LogP contribution in [0.5, 0.6) is 0 Å². The normalized spacial score (nSPS) is 10.8. The second kappa shape index (κ2) is 7.35. The lowest BCUT2D eigenvalue weighted by atomic mass is 10.2. The van der Waals surface area contributed by atoms with Gasteiger partial charge in [-0.3, -0.25) is 9.48 Å². The lowest BCUT2D eigenvalue weighted by molar-refractivity contribution is 0.103. The molecule has 0 aliphatic heterocycles. The Morgan fingerprint density at radius 1 is 1.38 bits per heavy atom. The number of halogens is 4. The molecule has 0 spiro atoms. The quantitative estimate of drug-likeness (QED) is 0.517. The minimum absolute atomic E-state index is 0.217. The molecule has 0 radical (unpaired) electrons. The van der Waals surface area contributed by atoms with Crippen LogP contribution >= 0.6 is 54.8 Å². The molecule has 0 aliphatic rings. The third-order valence-corrected chi connectivity index (χ3v) is 6.71. The van der Waals surface area contributed by atoms with E-state index in [2.05, 4.69) is 42.3 Å². The Labute approximate surface area is 162 Å². The molecule has 4 nitrogen and oxygen atoms in total. The van der Waals surface area contributed by atoms with Gasteiger partial charge >= 0.3 is 0 Å². The second-order valence-electron chi connectivity index (χ2n) is 4.85. The van der Waals surface area contributed by atoms with Gasteiger partial charge in [0, 0.05) is 15.7 Å². The first-order valence-electron chi connectivity index (χ1n) is 6.65. The monoisotopic (exact) mass is 491 g/mol. The summed E-state index contributed by atoms with van der Waals surface area (Å²) in [5, 5.41) is 7.30. The predicted molar refractivity (Wildman–Crippen MR) is 100 cm³/mol. The van der Waals surface area contributed by atoms with E-state index in [0.717, 1.165) is 13.8 Å². The van der Waals surface area contributed by atoms with Crippen LogP contribution in [-0.2, 0) is 6.54 Å². The number of carbonyl (C=O) groups is 1. The second-order valence-corrected chi connectivity index (χ2v) is 8.48. The SMILES string of the molecule is O=C(Nc1cnn(Cc2ccc(F)cc2Cl)c1)c1cc(Br)c(Br)s1. The van der Waals surface area contributed by atoms with E-state index in [1.54, 1.807) is 29.2 Å². The number of hydrogen-bond acceptors (Lipinski definition) is 3. The summed E-state index contributed by atoms with van der Waals surface area (Å²) in [6, 6.07) is 5.96. The summed E-state index contributed by atoms with van der Waals surface area (Å²) in [6.45, 7) is 0.380. The standard InChI is InChI=1S/C15H9Br2ClFN3OS/c16-11-4-13(24-14(11)17)15(23)21-10-5-20-22(7-10)6-8-1-2-9(19)3-12(8)18/h1-5,7H,6H2,(H,21,23). The number of amides is 1. The van der Waals surface area contributed by atoms with E-state index in [4.69, 9.17) is 11.6 Å². The number of rotatable bonds is 4. The van der Waals surface area contributed by atoms with Crippen molar-refractivity contribution in [2.45, 2.75) is 6.54 Å². The number of anilines is 1. The van der Waals surface area contributed by atoms with Gasteiger partial charge in [0.2, 0.25) is 0 Å². The molecule has 2 heterocycles. The Morgan fingerprint density at radius 3 is 2.83 bits per heavy atom.